The predicted molar refractivity (Wildman–Crippen MR) is 82.3 cm³/mol. The molecule has 0 fully saturated rings. The summed E-state index contributed by atoms with van der Waals surface area (Å²) in [5, 5.41) is 4.12. The fraction of sp³-hybridized carbons (Fsp3) is 0.556. The maximum atomic E-state index is 11.6. The minimum Gasteiger partial charge on any atom is -0.461 e. The van der Waals surface area contributed by atoms with Gasteiger partial charge in [0, 0.05) is 6.54 Å². The first-order valence-electron chi connectivity index (χ1n) is 4.72. The van der Waals surface area contributed by atoms with Gasteiger partial charge in [0.1, 0.15) is 0 Å². The van der Waals surface area contributed by atoms with Crippen molar-refractivity contribution in [1.82, 2.24) is 9.78 Å². The van der Waals surface area contributed by atoms with Gasteiger partial charge in [-0.15, -0.1) is 12.4 Å². The quantitative estimate of drug-likeness (QED) is 0.625. The van der Waals surface area contributed by atoms with Gasteiger partial charge in [0.2, 0.25) is 0 Å². The van der Waals surface area contributed by atoms with E-state index in [1.807, 2.05) is 6.92 Å². The molecule has 1 atom stereocenters. The van der Waals surface area contributed by atoms with E-state index in [0.717, 1.165) is 3.57 Å². The number of hydrogen-bond donors (Lipinski definition) is 1. The highest BCUT2D eigenvalue weighted by molar-refractivity contribution is 14.1. The highest BCUT2D eigenvalue weighted by atomic mass is 127. The Bertz CT molecular complexity index is 362. The second kappa shape index (κ2) is 9.01. The number of nitrogens with two attached hydrogens (primary N) is 1. The molecule has 1 heterocycles. The molecule has 0 saturated carbocycles. The molecule has 0 radical (unpaired) electrons. The zero-order chi connectivity index (χ0) is 11.4. The fourth-order valence-electron chi connectivity index (χ4n) is 1.17. The first-order valence-corrected chi connectivity index (χ1v) is 5.79. The summed E-state index contributed by atoms with van der Waals surface area (Å²) in [6.45, 7) is 4.48. The molecule has 100 valence electrons. The number of rotatable bonds is 4. The third kappa shape index (κ3) is 4.65. The lowest BCUT2D eigenvalue weighted by Crippen LogP contribution is -2.22. The molecular weight excluding hydrogens is 377 g/mol. The molecule has 0 aliphatic carbocycles. The highest BCUT2D eigenvalue weighted by Gasteiger charge is 2.20. The minimum absolute atomic E-state index is 0. The molecule has 1 aromatic rings. The lowest BCUT2D eigenvalue weighted by atomic mass is 10.3. The van der Waals surface area contributed by atoms with E-state index in [0.29, 0.717) is 18.8 Å². The van der Waals surface area contributed by atoms with Gasteiger partial charge >= 0.3 is 5.97 Å². The molecule has 0 amide bonds. The van der Waals surface area contributed by atoms with Crippen LogP contribution in [0.2, 0.25) is 0 Å². The maximum absolute atomic E-state index is 11.6. The van der Waals surface area contributed by atoms with Crippen LogP contribution in [0.4, 0.5) is 0 Å². The second-order valence-corrected chi connectivity index (χ2v) is 4.25. The van der Waals surface area contributed by atoms with Crippen molar-refractivity contribution in [3.8, 4) is 0 Å². The first-order chi connectivity index (χ1) is 7.11. The summed E-state index contributed by atoms with van der Waals surface area (Å²) in [6, 6.07) is -0.00655. The van der Waals surface area contributed by atoms with Crippen LogP contribution >= 0.6 is 48.5 Å². The molecule has 0 aliphatic heterocycles. The number of aromatic nitrogens is 2. The summed E-state index contributed by atoms with van der Waals surface area (Å²) in [5.41, 5.74) is 6.02. The number of nitrogens with zero attached hydrogens (tertiary/aromatic N) is 2. The number of carbonyl (C=O) groups excluding carboxylic acids is 1. The van der Waals surface area contributed by atoms with Gasteiger partial charge in [-0.2, -0.15) is 18.6 Å². The van der Waals surface area contributed by atoms with Crippen LogP contribution in [-0.2, 0) is 4.74 Å². The maximum Gasteiger partial charge on any atom is 0.357 e. The molecule has 1 aromatic heterocycles. The van der Waals surface area contributed by atoms with E-state index in [9.17, 15) is 4.79 Å². The van der Waals surface area contributed by atoms with Crippen LogP contribution in [0.25, 0.3) is 0 Å². The van der Waals surface area contributed by atoms with Crippen molar-refractivity contribution >= 4 is 54.5 Å². The van der Waals surface area contributed by atoms with E-state index < -0.39 is 0 Å². The normalized spacial score (nSPS) is 11.1. The molecule has 2 N–H and O–H groups in total. The molecule has 0 unspecified atom stereocenters. The van der Waals surface area contributed by atoms with Crippen molar-refractivity contribution in [1.29, 1.82) is 0 Å². The zero-order valence-electron chi connectivity index (χ0n) is 9.64. The summed E-state index contributed by atoms with van der Waals surface area (Å²) in [4.78, 5) is 11.6. The fourth-order valence-corrected chi connectivity index (χ4v) is 1.76. The largest absolute Gasteiger partial charge is 0.461 e. The number of carbonyl (C=O) groups is 1. The Morgan fingerprint density at radius 1 is 1.71 bits per heavy atom. The van der Waals surface area contributed by atoms with E-state index in [-0.39, 0.29) is 37.9 Å². The van der Waals surface area contributed by atoms with E-state index in [4.69, 9.17) is 10.5 Å². The Kier molecular flexibility index (Phi) is 10.3. The molecule has 0 bridgehead atoms. The van der Waals surface area contributed by atoms with Gasteiger partial charge in [-0.1, -0.05) is 0 Å². The van der Waals surface area contributed by atoms with Crippen LogP contribution in [0.1, 0.15) is 30.4 Å². The Morgan fingerprint density at radius 3 is 2.76 bits per heavy atom. The molecule has 5 nitrogen and oxygen atoms in total. The third-order valence-electron chi connectivity index (χ3n) is 1.98. The van der Waals surface area contributed by atoms with Gasteiger partial charge in [-0.25, -0.2) is 4.79 Å². The Morgan fingerprint density at radius 2 is 2.29 bits per heavy atom. The van der Waals surface area contributed by atoms with Crippen LogP contribution in [-0.4, -0.2) is 28.9 Å². The average Bonchev–Trinajstić information content (AvgIpc) is 2.59. The van der Waals surface area contributed by atoms with Crippen molar-refractivity contribution in [2.24, 2.45) is 5.73 Å². The van der Waals surface area contributed by atoms with Crippen molar-refractivity contribution in [3.05, 3.63) is 15.5 Å². The van der Waals surface area contributed by atoms with Crippen molar-refractivity contribution < 1.29 is 9.53 Å². The van der Waals surface area contributed by atoms with Crippen LogP contribution in [0.5, 0.6) is 0 Å². The standard InChI is InChI=1S/C9H14IN3O2.ClH.H2S/c1-3-15-9(14)8-7(10)5-12-13(8)6(2)4-11;;/h5-6H,3-4,11H2,1-2H3;1H;1H2/t6-;;/m0../s1. The summed E-state index contributed by atoms with van der Waals surface area (Å²) < 4.78 is 7.35. The van der Waals surface area contributed by atoms with Gasteiger partial charge in [0.15, 0.2) is 5.69 Å². The van der Waals surface area contributed by atoms with Crippen LogP contribution in [0, 0.1) is 3.57 Å². The average molecular weight is 394 g/mol. The van der Waals surface area contributed by atoms with Gasteiger partial charge in [-0.05, 0) is 36.4 Å². The first kappa shape index (κ1) is 19.4. The van der Waals surface area contributed by atoms with E-state index >= 15 is 0 Å². The van der Waals surface area contributed by atoms with Gasteiger partial charge in [0.05, 0.1) is 22.4 Å². The van der Waals surface area contributed by atoms with Gasteiger partial charge in [0.25, 0.3) is 0 Å². The molecule has 0 saturated heterocycles. The lowest BCUT2D eigenvalue weighted by Gasteiger charge is -2.12. The third-order valence-corrected chi connectivity index (χ3v) is 2.77. The smallest absolute Gasteiger partial charge is 0.357 e. The molecule has 0 aromatic carbocycles. The SMILES string of the molecule is CCOC(=O)c1c(I)cnn1[C@@H](C)CN.Cl.S. The number of hydrogen-bond acceptors (Lipinski definition) is 4. The van der Waals surface area contributed by atoms with Crippen LogP contribution in [0.3, 0.4) is 0 Å². The Balaban J connectivity index is 0. The second-order valence-electron chi connectivity index (χ2n) is 3.09. The zero-order valence-corrected chi connectivity index (χ0v) is 13.6. The topological polar surface area (TPSA) is 70.1 Å². The molecule has 17 heavy (non-hydrogen) atoms. The highest BCUT2D eigenvalue weighted by Crippen LogP contribution is 2.16. The summed E-state index contributed by atoms with van der Waals surface area (Å²) in [5.74, 6) is -0.347. The molecule has 8 heteroatoms. The number of esters is 1. The molecule has 1 rings (SSSR count). The van der Waals surface area contributed by atoms with Crippen LogP contribution in [0.15, 0.2) is 6.20 Å². The Labute approximate surface area is 127 Å². The Hall–Kier alpha value is 0.01000. The summed E-state index contributed by atoms with van der Waals surface area (Å²) in [7, 11) is 0. The van der Waals surface area contributed by atoms with Gasteiger partial charge in [-0.3, -0.25) is 4.68 Å². The van der Waals surface area contributed by atoms with E-state index in [1.165, 1.54) is 0 Å². The predicted octanol–water partition coefficient (Wildman–Crippen LogP) is 1.72. The van der Waals surface area contributed by atoms with E-state index in [2.05, 4.69) is 27.7 Å². The molecule has 0 aliphatic rings. The monoisotopic (exact) mass is 393 g/mol. The summed E-state index contributed by atoms with van der Waals surface area (Å²) >= 11 is 2.06. The van der Waals surface area contributed by atoms with Gasteiger partial charge < -0.3 is 10.5 Å². The van der Waals surface area contributed by atoms with Crippen molar-refractivity contribution in [2.75, 3.05) is 13.2 Å². The van der Waals surface area contributed by atoms with Crippen molar-refractivity contribution in [2.45, 2.75) is 19.9 Å². The van der Waals surface area contributed by atoms with Crippen LogP contribution < -0.4 is 5.73 Å². The summed E-state index contributed by atoms with van der Waals surface area (Å²) in [6.07, 6.45) is 1.64. The molecular formula is C9H17ClIN3O2S. The lowest BCUT2D eigenvalue weighted by molar-refractivity contribution is 0.0508. The number of ether oxygens (including phenoxy) is 1. The van der Waals surface area contributed by atoms with E-state index in [1.54, 1.807) is 17.8 Å². The van der Waals surface area contributed by atoms with Crippen molar-refractivity contribution in [3.63, 3.8) is 0 Å². The molecule has 0 spiro atoms. The minimum atomic E-state index is -0.347. The number of halogens is 2.